The van der Waals surface area contributed by atoms with Gasteiger partial charge in [0.1, 0.15) is 0 Å². The third kappa shape index (κ3) is 3.37. The number of halogens is 1. The molecule has 3 aromatic rings. The van der Waals surface area contributed by atoms with Crippen LogP contribution in [0.4, 0.5) is 11.4 Å². The molecule has 0 saturated heterocycles. The number of carbonyl (C=O) groups is 1. The van der Waals surface area contributed by atoms with Gasteiger partial charge in [-0.25, -0.2) is 0 Å². The Morgan fingerprint density at radius 3 is 2.67 bits per heavy atom. The smallest absolute Gasteiger partial charge is 0.291 e. The highest BCUT2D eigenvalue weighted by atomic mass is 35.5. The maximum absolute atomic E-state index is 12.3. The molecule has 5 nitrogen and oxygen atoms in total. The number of nitrogens with zero attached hydrogens (tertiary/aromatic N) is 1. The lowest BCUT2D eigenvalue weighted by atomic mass is 10.2. The number of likely N-dealkylation sites (N-methyl/N-ethyl adjacent to an activating group) is 1. The van der Waals surface area contributed by atoms with E-state index in [0.717, 1.165) is 11.1 Å². The molecule has 0 atom stereocenters. The van der Waals surface area contributed by atoms with Gasteiger partial charge in [-0.15, -0.1) is 0 Å². The van der Waals surface area contributed by atoms with E-state index >= 15 is 0 Å². The predicted octanol–water partition coefficient (Wildman–Crippen LogP) is 3.77. The highest BCUT2D eigenvalue weighted by molar-refractivity contribution is 6.34. The molecule has 2 aromatic carbocycles. The van der Waals surface area contributed by atoms with E-state index in [1.807, 2.05) is 36.2 Å². The van der Waals surface area contributed by atoms with Crippen LogP contribution in [0, 0.1) is 0 Å². The molecule has 0 radical (unpaired) electrons. The molecule has 6 heteroatoms. The van der Waals surface area contributed by atoms with E-state index in [9.17, 15) is 4.79 Å². The molecule has 124 valence electrons. The molecule has 1 aromatic heterocycles. The number of para-hydroxylation sites is 1. The minimum atomic E-state index is -0.335. The van der Waals surface area contributed by atoms with Crippen LogP contribution in [0.15, 0.2) is 52.9 Å². The average molecular weight is 345 g/mol. The molecule has 0 aliphatic heterocycles. The van der Waals surface area contributed by atoms with Crippen LogP contribution in [0.2, 0.25) is 5.02 Å². The molecule has 24 heavy (non-hydrogen) atoms. The Labute approximate surface area is 144 Å². The summed E-state index contributed by atoms with van der Waals surface area (Å²) in [7, 11) is 1.89. The number of fused-ring (bicyclic) bond motifs is 1. The van der Waals surface area contributed by atoms with Crippen LogP contribution in [-0.2, 0) is 0 Å². The number of carbonyl (C=O) groups excluding carboxylic acids is 1. The van der Waals surface area contributed by atoms with Crippen LogP contribution < -0.4 is 10.2 Å². The van der Waals surface area contributed by atoms with Crippen molar-refractivity contribution in [3.05, 3.63) is 59.3 Å². The van der Waals surface area contributed by atoms with Crippen molar-refractivity contribution in [2.45, 2.75) is 0 Å². The monoisotopic (exact) mass is 344 g/mol. The van der Waals surface area contributed by atoms with Crippen LogP contribution in [0.5, 0.6) is 0 Å². The van der Waals surface area contributed by atoms with Gasteiger partial charge < -0.3 is 19.7 Å². The quantitative estimate of drug-likeness (QED) is 0.739. The Morgan fingerprint density at radius 2 is 2.00 bits per heavy atom. The number of aliphatic hydroxyl groups is 1. The molecule has 1 heterocycles. The number of rotatable bonds is 5. The van der Waals surface area contributed by atoms with E-state index in [1.54, 1.807) is 24.3 Å². The van der Waals surface area contributed by atoms with E-state index < -0.39 is 0 Å². The van der Waals surface area contributed by atoms with Gasteiger partial charge in [-0.3, -0.25) is 4.79 Å². The summed E-state index contributed by atoms with van der Waals surface area (Å²) in [6, 6.07) is 14.4. The largest absolute Gasteiger partial charge is 0.449 e. The Bertz CT molecular complexity index is 858. The first-order valence-electron chi connectivity index (χ1n) is 7.50. The molecule has 0 unspecified atom stereocenters. The summed E-state index contributed by atoms with van der Waals surface area (Å²) in [6.45, 7) is 0.634. The van der Waals surface area contributed by atoms with Gasteiger partial charge in [0.05, 0.1) is 11.6 Å². The number of benzene rings is 2. The fourth-order valence-electron chi connectivity index (χ4n) is 2.41. The van der Waals surface area contributed by atoms with E-state index in [1.165, 1.54) is 0 Å². The van der Waals surface area contributed by atoms with Crippen LogP contribution >= 0.6 is 11.6 Å². The van der Waals surface area contributed by atoms with Gasteiger partial charge >= 0.3 is 0 Å². The SMILES string of the molecule is CN(CCO)c1ccc(NC(=O)c2cc3cccc(Cl)c3o2)cc1. The van der Waals surface area contributed by atoms with Gasteiger partial charge in [0.15, 0.2) is 11.3 Å². The average Bonchev–Trinajstić information content (AvgIpc) is 3.01. The second-order valence-corrected chi connectivity index (χ2v) is 5.82. The summed E-state index contributed by atoms with van der Waals surface area (Å²) in [5.74, 6) is -0.127. The summed E-state index contributed by atoms with van der Waals surface area (Å²) in [6.07, 6.45) is 0. The zero-order valence-corrected chi connectivity index (χ0v) is 13.9. The summed E-state index contributed by atoms with van der Waals surface area (Å²) >= 11 is 6.06. The fourth-order valence-corrected chi connectivity index (χ4v) is 2.63. The van der Waals surface area contributed by atoms with Crippen LogP contribution in [0.1, 0.15) is 10.6 Å². The minimum Gasteiger partial charge on any atom is -0.449 e. The lowest BCUT2D eigenvalue weighted by Crippen LogP contribution is -2.21. The zero-order valence-electron chi connectivity index (χ0n) is 13.1. The van der Waals surface area contributed by atoms with Gasteiger partial charge in [-0.05, 0) is 36.4 Å². The van der Waals surface area contributed by atoms with Crippen LogP contribution in [0.25, 0.3) is 11.0 Å². The number of amides is 1. The number of furan rings is 1. The van der Waals surface area contributed by atoms with Gasteiger partial charge in [0.2, 0.25) is 0 Å². The number of nitrogens with one attached hydrogen (secondary N) is 1. The normalized spacial score (nSPS) is 10.8. The fraction of sp³-hybridized carbons (Fsp3) is 0.167. The number of anilines is 2. The summed E-state index contributed by atoms with van der Waals surface area (Å²) in [5.41, 5.74) is 2.12. The molecule has 0 aliphatic rings. The maximum Gasteiger partial charge on any atom is 0.291 e. The number of hydrogen-bond donors (Lipinski definition) is 2. The third-order valence-electron chi connectivity index (χ3n) is 3.72. The van der Waals surface area contributed by atoms with Gasteiger partial charge in [-0.1, -0.05) is 23.7 Å². The van der Waals surface area contributed by atoms with Gasteiger partial charge in [0, 0.05) is 30.4 Å². The third-order valence-corrected chi connectivity index (χ3v) is 4.02. The first kappa shape index (κ1) is 16.4. The highest BCUT2D eigenvalue weighted by Crippen LogP contribution is 2.27. The van der Waals surface area contributed by atoms with Crippen molar-refractivity contribution >= 4 is 39.9 Å². The standard InChI is InChI=1S/C18H17ClN2O3/c1-21(9-10-22)14-7-5-13(6-8-14)20-18(23)16-11-12-3-2-4-15(19)17(12)24-16/h2-8,11,22H,9-10H2,1H3,(H,20,23). The maximum atomic E-state index is 12.3. The van der Waals surface area contributed by atoms with Crippen molar-refractivity contribution < 1.29 is 14.3 Å². The van der Waals surface area contributed by atoms with E-state index in [-0.39, 0.29) is 18.3 Å². The first-order valence-corrected chi connectivity index (χ1v) is 7.88. The Kier molecular flexibility index (Phi) is 4.74. The van der Waals surface area contributed by atoms with Crippen molar-refractivity contribution in [3.63, 3.8) is 0 Å². The van der Waals surface area contributed by atoms with Gasteiger partial charge in [-0.2, -0.15) is 0 Å². The topological polar surface area (TPSA) is 65.7 Å². The molecule has 0 bridgehead atoms. The predicted molar refractivity (Wildman–Crippen MR) is 96.0 cm³/mol. The molecule has 2 N–H and O–H groups in total. The first-order chi connectivity index (χ1) is 11.6. The van der Waals surface area contributed by atoms with Crippen LogP contribution in [0.3, 0.4) is 0 Å². The van der Waals surface area contributed by atoms with Gasteiger partial charge in [0.25, 0.3) is 5.91 Å². The summed E-state index contributed by atoms with van der Waals surface area (Å²) in [5, 5.41) is 13.0. The Morgan fingerprint density at radius 1 is 1.25 bits per heavy atom. The van der Waals surface area contributed by atoms with Crippen LogP contribution in [-0.4, -0.2) is 31.2 Å². The number of aliphatic hydroxyl groups excluding tert-OH is 1. The molecule has 0 saturated carbocycles. The summed E-state index contributed by atoms with van der Waals surface area (Å²) < 4.78 is 5.55. The van der Waals surface area contributed by atoms with Crippen molar-refractivity contribution in [2.75, 3.05) is 30.4 Å². The molecular weight excluding hydrogens is 328 g/mol. The van der Waals surface area contributed by atoms with E-state index in [0.29, 0.717) is 22.8 Å². The molecule has 0 aliphatic carbocycles. The molecule has 0 fully saturated rings. The van der Waals surface area contributed by atoms with Crippen molar-refractivity contribution in [1.29, 1.82) is 0 Å². The lowest BCUT2D eigenvalue weighted by Gasteiger charge is -2.18. The second kappa shape index (κ2) is 6.95. The molecule has 0 spiro atoms. The Hall–Kier alpha value is -2.50. The molecule has 1 amide bonds. The summed E-state index contributed by atoms with van der Waals surface area (Å²) in [4.78, 5) is 14.2. The van der Waals surface area contributed by atoms with Crippen molar-refractivity contribution in [3.8, 4) is 0 Å². The van der Waals surface area contributed by atoms with E-state index in [2.05, 4.69) is 5.32 Å². The highest BCUT2D eigenvalue weighted by Gasteiger charge is 2.14. The molecule has 3 rings (SSSR count). The minimum absolute atomic E-state index is 0.0869. The van der Waals surface area contributed by atoms with E-state index in [4.69, 9.17) is 21.1 Å². The van der Waals surface area contributed by atoms with Crippen molar-refractivity contribution in [2.24, 2.45) is 0 Å². The second-order valence-electron chi connectivity index (χ2n) is 5.41. The van der Waals surface area contributed by atoms with Crippen molar-refractivity contribution in [1.82, 2.24) is 0 Å². The number of hydrogen-bond acceptors (Lipinski definition) is 4. The Balaban J connectivity index is 1.75. The lowest BCUT2D eigenvalue weighted by molar-refractivity contribution is 0.0998. The zero-order chi connectivity index (χ0) is 17.1. The molecular formula is C18H17ClN2O3.